The first-order valence-electron chi connectivity index (χ1n) is 3.17. The fourth-order valence-electron chi connectivity index (χ4n) is 0.897. The molecule has 2 heterocycles. The highest BCUT2D eigenvalue weighted by molar-refractivity contribution is 5.25. The van der Waals surface area contributed by atoms with Crippen molar-refractivity contribution in [3.8, 4) is 0 Å². The van der Waals surface area contributed by atoms with Crippen LogP contribution in [0.15, 0.2) is 18.5 Å². The number of aromatic nitrogens is 4. The second kappa shape index (κ2) is 2.28. The summed E-state index contributed by atoms with van der Waals surface area (Å²) in [6.45, 7) is -0.118. The van der Waals surface area contributed by atoms with Crippen LogP contribution in [-0.4, -0.2) is 24.7 Å². The molecule has 0 aromatic carbocycles. The number of aliphatic hydroxyl groups excluding tert-OH is 1. The number of aliphatic hydroxyl groups is 1. The van der Waals surface area contributed by atoms with Crippen LogP contribution in [0.1, 0.15) is 5.82 Å². The van der Waals surface area contributed by atoms with Gasteiger partial charge in [-0.05, 0) is 6.07 Å². The lowest BCUT2D eigenvalue weighted by Crippen LogP contribution is -1.93. The van der Waals surface area contributed by atoms with Crippen molar-refractivity contribution in [1.29, 1.82) is 0 Å². The van der Waals surface area contributed by atoms with E-state index in [0.717, 1.165) is 0 Å². The van der Waals surface area contributed by atoms with Crippen LogP contribution in [0.25, 0.3) is 5.78 Å². The van der Waals surface area contributed by atoms with E-state index in [0.29, 0.717) is 11.6 Å². The average Bonchev–Trinajstić information content (AvgIpc) is 2.47. The molecule has 0 aliphatic carbocycles. The molecule has 0 bridgehead atoms. The van der Waals surface area contributed by atoms with E-state index < -0.39 is 0 Å². The van der Waals surface area contributed by atoms with Crippen molar-refractivity contribution in [2.45, 2.75) is 6.61 Å². The standard InChI is InChI=1S/C6H6N4O/c11-4-5-8-9-6-7-2-1-3-10(5)6/h1-3,11H,4H2. The maximum Gasteiger partial charge on any atom is 0.255 e. The van der Waals surface area contributed by atoms with Crippen molar-refractivity contribution in [2.75, 3.05) is 0 Å². The third-order valence-electron chi connectivity index (χ3n) is 1.40. The lowest BCUT2D eigenvalue weighted by atomic mass is 10.6. The van der Waals surface area contributed by atoms with Crippen LogP contribution in [0.3, 0.4) is 0 Å². The highest BCUT2D eigenvalue weighted by Gasteiger charge is 2.01. The molecular weight excluding hydrogens is 144 g/mol. The minimum absolute atomic E-state index is 0.118. The quantitative estimate of drug-likeness (QED) is 0.601. The first-order chi connectivity index (χ1) is 5.42. The van der Waals surface area contributed by atoms with E-state index in [1.54, 1.807) is 22.9 Å². The SMILES string of the molecule is OCc1nnc2ncccn12. The van der Waals surface area contributed by atoms with Gasteiger partial charge in [0.05, 0.1) is 0 Å². The Morgan fingerprint density at radius 3 is 3.18 bits per heavy atom. The monoisotopic (exact) mass is 150 g/mol. The maximum atomic E-state index is 8.77. The second-order valence-corrected chi connectivity index (χ2v) is 2.06. The molecule has 11 heavy (non-hydrogen) atoms. The summed E-state index contributed by atoms with van der Waals surface area (Å²) >= 11 is 0. The predicted molar refractivity (Wildman–Crippen MR) is 36.7 cm³/mol. The van der Waals surface area contributed by atoms with Gasteiger partial charge in [-0.2, -0.15) is 0 Å². The van der Waals surface area contributed by atoms with Crippen LogP contribution in [0.5, 0.6) is 0 Å². The first-order valence-corrected chi connectivity index (χ1v) is 3.17. The van der Waals surface area contributed by atoms with Gasteiger partial charge < -0.3 is 5.11 Å². The minimum Gasteiger partial charge on any atom is -0.388 e. The van der Waals surface area contributed by atoms with E-state index in [1.165, 1.54) is 0 Å². The van der Waals surface area contributed by atoms with Gasteiger partial charge in [0, 0.05) is 12.4 Å². The maximum absolute atomic E-state index is 8.77. The van der Waals surface area contributed by atoms with E-state index >= 15 is 0 Å². The van der Waals surface area contributed by atoms with Crippen molar-refractivity contribution >= 4 is 5.78 Å². The molecule has 0 amide bonds. The van der Waals surface area contributed by atoms with Crippen molar-refractivity contribution in [2.24, 2.45) is 0 Å². The Hall–Kier alpha value is -1.49. The highest BCUT2D eigenvalue weighted by Crippen LogP contribution is 1.98. The molecule has 56 valence electrons. The summed E-state index contributed by atoms with van der Waals surface area (Å²) in [4.78, 5) is 3.93. The summed E-state index contributed by atoms with van der Waals surface area (Å²) in [6.07, 6.45) is 3.39. The molecule has 0 fully saturated rings. The van der Waals surface area contributed by atoms with E-state index in [1.807, 2.05) is 0 Å². The van der Waals surface area contributed by atoms with Crippen molar-refractivity contribution < 1.29 is 5.11 Å². The van der Waals surface area contributed by atoms with Gasteiger partial charge >= 0.3 is 0 Å². The van der Waals surface area contributed by atoms with Crippen LogP contribution in [0.4, 0.5) is 0 Å². The van der Waals surface area contributed by atoms with E-state index in [2.05, 4.69) is 15.2 Å². The van der Waals surface area contributed by atoms with Crippen LogP contribution < -0.4 is 0 Å². The molecule has 0 radical (unpaired) electrons. The van der Waals surface area contributed by atoms with Gasteiger partial charge in [0.1, 0.15) is 6.61 Å². The molecule has 0 aliphatic heterocycles. The van der Waals surface area contributed by atoms with Gasteiger partial charge in [0.15, 0.2) is 5.82 Å². The molecule has 0 saturated carbocycles. The summed E-state index contributed by atoms with van der Waals surface area (Å²) in [5.41, 5.74) is 0. The molecule has 2 rings (SSSR count). The first kappa shape index (κ1) is 6.23. The summed E-state index contributed by atoms with van der Waals surface area (Å²) in [7, 11) is 0. The minimum atomic E-state index is -0.118. The Morgan fingerprint density at radius 1 is 1.45 bits per heavy atom. The molecule has 0 aliphatic rings. The van der Waals surface area contributed by atoms with Gasteiger partial charge in [-0.1, -0.05) is 0 Å². The molecule has 2 aromatic rings. The molecule has 2 aromatic heterocycles. The zero-order valence-corrected chi connectivity index (χ0v) is 5.68. The Labute approximate surface area is 62.3 Å². The van der Waals surface area contributed by atoms with Gasteiger partial charge in [-0.15, -0.1) is 10.2 Å². The summed E-state index contributed by atoms with van der Waals surface area (Å²) in [5.74, 6) is 1.02. The number of rotatable bonds is 1. The number of hydrogen-bond acceptors (Lipinski definition) is 4. The van der Waals surface area contributed by atoms with Crippen molar-refractivity contribution in [3.63, 3.8) is 0 Å². The normalized spacial score (nSPS) is 10.6. The zero-order chi connectivity index (χ0) is 7.68. The van der Waals surface area contributed by atoms with Crippen LogP contribution in [0, 0.1) is 0 Å². The topological polar surface area (TPSA) is 63.3 Å². The summed E-state index contributed by atoms with van der Waals surface area (Å²) < 4.78 is 1.64. The second-order valence-electron chi connectivity index (χ2n) is 2.06. The van der Waals surface area contributed by atoms with Crippen LogP contribution in [0.2, 0.25) is 0 Å². The Kier molecular flexibility index (Phi) is 1.29. The Balaban J connectivity index is 2.76. The molecular formula is C6H6N4O. The zero-order valence-electron chi connectivity index (χ0n) is 5.68. The molecule has 0 spiro atoms. The Morgan fingerprint density at radius 2 is 2.36 bits per heavy atom. The fourth-order valence-corrected chi connectivity index (χ4v) is 0.897. The fraction of sp³-hybridized carbons (Fsp3) is 0.167. The third-order valence-corrected chi connectivity index (χ3v) is 1.40. The third kappa shape index (κ3) is 0.857. The number of hydrogen-bond donors (Lipinski definition) is 1. The average molecular weight is 150 g/mol. The van der Waals surface area contributed by atoms with Gasteiger partial charge in [0.2, 0.25) is 0 Å². The van der Waals surface area contributed by atoms with E-state index in [4.69, 9.17) is 5.11 Å². The van der Waals surface area contributed by atoms with Gasteiger partial charge in [-0.3, -0.25) is 4.40 Å². The predicted octanol–water partition coefficient (Wildman–Crippen LogP) is -0.383. The highest BCUT2D eigenvalue weighted by atomic mass is 16.3. The lowest BCUT2D eigenvalue weighted by Gasteiger charge is -1.91. The summed E-state index contributed by atoms with van der Waals surface area (Å²) in [5, 5.41) is 16.2. The Bertz CT molecular complexity index is 369. The molecule has 0 atom stereocenters. The molecule has 1 N–H and O–H groups in total. The van der Waals surface area contributed by atoms with Gasteiger partial charge in [0.25, 0.3) is 5.78 Å². The van der Waals surface area contributed by atoms with Crippen molar-refractivity contribution in [1.82, 2.24) is 19.6 Å². The van der Waals surface area contributed by atoms with Crippen LogP contribution in [-0.2, 0) is 6.61 Å². The van der Waals surface area contributed by atoms with Gasteiger partial charge in [-0.25, -0.2) is 4.98 Å². The van der Waals surface area contributed by atoms with E-state index in [-0.39, 0.29) is 6.61 Å². The smallest absolute Gasteiger partial charge is 0.255 e. The molecule has 5 nitrogen and oxygen atoms in total. The molecule has 5 heteroatoms. The number of fused-ring (bicyclic) bond motifs is 1. The van der Waals surface area contributed by atoms with Crippen molar-refractivity contribution in [3.05, 3.63) is 24.3 Å². The lowest BCUT2D eigenvalue weighted by molar-refractivity contribution is 0.270. The molecule has 0 saturated heterocycles. The number of nitrogens with zero attached hydrogens (tertiary/aromatic N) is 4. The van der Waals surface area contributed by atoms with E-state index in [9.17, 15) is 0 Å². The largest absolute Gasteiger partial charge is 0.388 e. The van der Waals surface area contributed by atoms with Crippen LogP contribution >= 0.6 is 0 Å². The summed E-state index contributed by atoms with van der Waals surface area (Å²) in [6, 6.07) is 1.76. The molecule has 0 unspecified atom stereocenters.